The molecular formula is C18H23N3O2. The van der Waals surface area contributed by atoms with Gasteiger partial charge in [0.1, 0.15) is 0 Å². The van der Waals surface area contributed by atoms with Crippen LogP contribution in [0.4, 0.5) is 16.2 Å². The van der Waals surface area contributed by atoms with Crippen molar-refractivity contribution in [1.82, 2.24) is 4.98 Å². The highest BCUT2D eigenvalue weighted by Crippen LogP contribution is 2.30. The Morgan fingerprint density at radius 2 is 1.83 bits per heavy atom. The van der Waals surface area contributed by atoms with Crippen LogP contribution in [-0.4, -0.2) is 29.3 Å². The Morgan fingerprint density at radius 1 is 1.13 bits per heavy atom. The summed E-state index contributed by atoms with van der Waals surface area (Å²) in [6.45, 7) is 4.12. The monoisotopic (exact) mass is 313 g/mol. The molecule has 1 saturated carbocycles. The Balaban J connectivity index is 0.000000468. The Morgan fingerprint density at radius 3 is 2.43 bits per heavy atom. The van der Waals surface area contributed by atoms with Crippen LogP contribution in [-0.2, 0) is 0 Å². The maximum absolute atomic E-state index is 10.7. The predicted octanol–water partition coefficient (Wildman–Crippen LogP) is 4.40. The van der Waals surface area contributed by atoms with E-state index in [9.17, 15) is 4.79 Å². The Bertz CT molecular complexity index is 704. The lowest BCUT2D eigenvalue weighted by Gasteiger charge is -2.20. The summed E-state index contributed by atoms with van der Waals surface area (Å²) in [4.78, 5) is 17.6. The number of aryl methyl sites for hydroxylation is 1. The summed E-state index contributed by atoms with van der Waals surface area (Å²) in [7, 11) is 0. The van der Waals surface area contributed by atoms with E-state index in [2.05, 4.69) is 21.3 Å². The molecule has 1 aromatic carbocycles. The minimum Gasteiger partial charge on any atom is -0.465 e. The molecule has 2 aromatic rings. The van der Waals surface area contributed by atoms with Crippen LogP contribution in [0, 0.1) is 6.92 Å². The fraction of sp³-hybridized carbons (Fsp3) is 0.444. The summed E-state index contributed by atoms with van der Waals surface area (Å²) in [5.74, 6) is 0. The van der Waals surface area contributed by atoms with Crippen molar-refractivity contribution in [2.24, 2.45) is 0 Å². The molecule has 0 bridgehead atoms. The van der Waals surface area contributed by atoms with Crippen molar-refractivity contribution in [3.05, 3.63) is 30.0 Å². The first-order valence-corrected chi connectivity index (χ1v) is 8.30. The van der Waals surface area contributed by atoms with Gasteiger partial charge >= 0.3 is 6.09 Å². The second-order valence-electron chi connectivity index (χ2n) is 6.20. The number of rotatable bonds is 2. The van der Waals surface area contributed by atoms with Crippen molar-refractivity contribution in [3.8, 4) is 0 Å². The van der Waals surface area contributed by atoms with E-state index in [1.165, 1.54) is 37.8 Å². The number of pyridine rings is 1. The van der Waals surface area contributed by atoms with Crippen molar-refractivity contribution >= 4 is 28.4 Å². The topological polar surface area (TPSA) is 65.5 Å². The molecule has 1 aliphatic carbocycles. The van der Waals surface area contributed by atoms with Crippen LogP contribution < -0.4 is 10.2 Å². The number of hydrogen-bond donors (Lipinski definition) is 2. The summed E-state index contributed by atoms with van der Waals surface area (Å²) >= 11 is 0. The molecule has 1 aromatic heterocycles. The standard InChI is InChI=1S/C15H17N3O2.C3H6/c1-10-8-14(18-6-2-3-7-18)12-5-4-11(17-15(19)20)9-13(12)16-10;1-2-3-1/h4-5,8-9,17H,2-3,6-7H2,1H3,(H,19,20);1-3H2. The van der Waals surface area contributed by atoms with Gasteiger partial charge in [0.25, 0.3) is 0 Å². The quantitative estimate of drug-likeness (QED) is 0.862. The summed E-state index contributed by atoms with van der Waals surface area (Å²) in [6.07, 6.45) is 5.89. The highest BCUT2D eigenvalue weighted by molar-refractivity contribution is 5.95. The van der Waals surface area contributed by atoms with Crippen LogP contribution in [0.1, 0.15) is 37.8 Å². The lowest BCUT2D eigenvalue weighted by molar-refractivity contribution is 0.210. The van der Waals surface area contributed by atoms with E-state index in [1.54, 1.807) is 12.1 Å². The van der Waals surface area contributed by atoms with Gasteiger partial charge in [0.15, 0.2) is 0 Å². The Hall–Kier alpha value is -2.30. The summed E-state index contributed by atoms with van der Waals surface area (Å²) in [6, 6.07) is 7.63. The molecule has 1 saturated heterocycles. The van der Waals surface area contributed by atoms with Crippen LogP contribution in [0.3, 0.4) is 0 Å². The zero-order valence-electron chi connectivity index (χ0n) is 13.5. The zero-order chi connectivity index (χ0) is 16.2. The van der Waals surface area contributed by atoms with E-state index >= 15 is 0 Å². The highest BCUT2D eigenvalue weighted by Gasteiger charge is 2.16. The van der Waals surface area contributed by atoms with Crippen molar-refractivity contribution in [1.29, 1.82) is 0 Å². The van der Waals surface area contributed by atoms with Gasteiger partial charge in [0.05, 0.1) is 5.52 Å². The predicted molar refractivity (Wildman–Crippen MR) is 93.4 cm³/mol. The van der Waals surface area contributed by atoms with Crippen LogP contribution >= 0.6 is 0 Å². The fourth-order valence-corrected chi connectivity index (χ4v) is 2.76. The van der Waals surface area contributed by atoms with E-state index in [1.807, 2.05) is 13.0 Å². The van der Waals surface area contributed by atoms with Crippen LogP contribution in [0.2, 0.25) is 0 Å². The number of anilines is 2. The molecule has 0 spiro atoms. The van der Waals surface area contributed by atoms with Gasteiger partial charge in [-0.05, 0) is 44.0 Å². The number of fused-ring (bicyclic) bond motifs is 1. The van der Waals surface area contributed by atoms with Gasteiger partial charge in [-0.25, -0.2) is 4.79 Å². The molecule has 2 aliphatic rings. The van der Waals surface area contributed by atoms with E-state index in [-0.39, 0.29) is 0 Å². The summed E-state index contributed by atoms with van der Waals surface area (Å²) in [5, 5.41) is 12.2. The largest absolute Gasteiger partial charge is 0.465 e. The van der Waals surface area contributed by atoms with Gasteiger partial charge in [-0.1, -0.05) is 19.3 Å². The second-order valence-corrected chi connectivity index (χ2v) is 6.20. The minimum atomic E-state index is -1.06. The van der Waals surface area contributed by atoms with Gasteiger partial charge in [0.2, 0.25) is 0 Å². The number of carboxylic acid groups (broad SMARTS) is 1. The number of benzene rings is 1. The third-order valence-corrected chi connectivity index (χ3v) is 3.97. The van der Waals surface area contributed by atoms with Crippen LogP contribution in [0.25, 0.3) is 10.9 Å². The lowest BCUT2D eigenvalue weighted by Crippen LogP contribution is -2.18. The molecule has 1 aliphatic heterocycles. The Labute approximate surface area is 136 Å². The van der Waals surface area contributed by atoms with E-state index in [0.717, 1.165) is 29.7 Å². The molecular weight excluding hydrogens is 290 g/mol. The molecule has 0 unspecified atom stereocenters. The van der Waals surface area contributed by atoms with Crippen molar-refractivity contribution in [2.75, 3.05) is 23.3 Å². The molecule has 2 fully saturated rings. The first-order valence-electron chi connectivity index (χ1n) is 8.30. The van der Waals surface area contributed by atoms with Gasteiger partial charge < -0.3 is 10.0 Å². The third kappa shape index (κ3) is 4.12. The third-order valence-electron chi connectivity index (χ3n) is 3.97. The molecule has 5 nitrogen and oxygen atoms in total. The van der Waals surface area contributed by atoms with Crippen molar-refractivity contribution < 1.29 is 9.90 Å². The number of nitrogens with one attached hydrogen (secondary N) is 1. The van der Waals surface area contributed by atoms with Gasteiger partial charge in [-0.3, -0.25) is 10.3 Å². The Kier molecular flexibility index (Phi) is 4.65. The molecule has 2 heterocycles. The smallest absolute Gasteiger partial charge is 0.409 e. The average molecular weight is 313 g/mol. The molecule has 5 heteroatoms. The maximum atomic E-state index is 10.7. The van der Waals surface area contributed by atoms with Crippen LogP contribution in [0.15, 0.2) is 24.3 Å². The molecule has 2 N–H and O–H groups in total. The summed E-state index contributed by atoms with van der Waals surface area (Å²) < 4.78 is 0. The van der Waals surface area contributed by atoms with Gasteiger partial charge in [0, 0.05) is 35.5 Å². The lowest BCUT2D eigenvalue weighted by atomic mass is 10.1. The number of carbonyl (C=O) groups is 1. The number of amides is 1. The van der Waals surface area contributed by atoms with E-state index < -0.39 is 6.09 Å². The molecule has 0 atom stereocenters. The van der Waals surface area contributed by atoms with Gasteiger partial charge in [-0.15, -0.1) is 0 Å². The first kappa shape index (κ1) is 15.6. The minimum absolute atomic E-state index is 0.551. The molecule has 0 radical (unpaired) electrons. The van der Waals surface area contributed by atoms with E-state index in [4.69, 9.17) is 5.11 Å². The molecule has 4 rings (SSSR count). The maximum Gasteiger partial charge on any atom is 0.409 e. The van der Waals surface area contributed by atoms with Gasteiger partial charge in [-0.2, -0.15) is 0 Å². The average Bonchev–Trinajstić information content (AvgIpc) is 3.29. The second kappa shape index (κ2) is 6.86. The highest BCUT2D eigenvalue weighted by atomic mass is 16.4. The van der Waals surface area contributed by atoms with E-state index in [0.29, 0.717) is 5.69 Å². The number of aromatic nitrogens is 1. The van der Waals surface area contributed by atoms with Crippen LogP contribution in [0.5, 0.6) is 0 Å². The SMILES string of the molecule is C1CC1.Cc1cc(N2CCCC2)c2ccc(NC(=O)O)cc2n1. The molecule has 23 heavy (non-hydrogen) atoms. The zero-order valence-corrected chi connectivity index (χ0v) is 13.5. The van der Waals surface area contributed by atoms with Crippen molar-refractivity contribution in [3.63, 3.8) is 0 Å². The first-order chi connectivity index (χ1) is 11.1. The number of hydrogen-bond acceptors (Lipinski definition) is 3. The fourth-order valence-electron chi connectivity index (χ4n) is 2.76. The molecule has 122 valence electrons. The normalized spacial score (nSPS) is 16.0. The number of nitrogens with zero attached hydrogens (tertiary/aromatic N) is 2. The molecule has 1 amide bonds. The van der Waals surface area contributed by atoms with Crippen molar-refractivity contribution in [2.45, 2.75) is 39.0 Å². The summed E-state index contributed by atoms with van der Waals surface area (Å²) in [5.41, 5.74) is 3.53.